The van der Waals surface area contributed by atoms with E-state index in [1.165, 1.54) is 28.8 Å². The lowest BCUT2D eigenvalue weighted by atomic mass is 9.99. The summed E-state index contributed by atoms with van der Waals surface area (Å²) in [6.07, 6.45) is 1.26. The summed E-state index contributed by atoms with van der Waals surface area (Å²) in [4.78, 5) is 33.0. The van der Waals surface area contributed by atoms with Gasteiger partial charge in [-0.25, -0.2) is 9.18 Å². The van der Waals surface area contributed by atoms with E-state index < -0.39 is 17.5 Å². The molecule has 2 aliphatic heterocycles. The zero-order valence-electron chi connectivity index (χ0n) is 19.1. The van der Waals surface area contributed by atoms with Gasteiger partial charge >= 0.3 is 5.69 Å². The second-order valence-electron chi connectivity index (χ2n) is 8.34. The number of aliphatic hydroxyl groups is 1. The van der Waals surface area contributed by atoms with Crippen molar-refractivity contribution in [3.05, 3.63) is 58.2 Å². The molecule has 0 bridgehead atoms. The number of halogens is 2. The smallest absolute Gasteiger partial charge is 0.350 e. The van der Waals surface area contributed by atoms with Gasteiger partial charge in [0.1, 0.15) is 24.0 Å². The van der Waals surface area contributed by atoms with Crippen LogP contribution in [0.1, 0.15) is 6.04 Å². The van der Waals surface area contributed by atoms with E-state index in [1.807, 2.05) is 4.90 Å². The molecule has 2 aliphatic rings. The Morgan fingerprint density at radius 3 is 2.64 bits per heavy atom. The quantitative estimate of drug-likeness (QED) is 0.495. The zero-order chi connectivity index (χ0) is 24.9. The van der Waals surface area contributed by atoms with E-state index in [9.17, 15) is 24.2 Å². The fourth-order valence-corrected chi connectivity index (χ4v) is 4.99. The minimum absolute atomic E-state index is 0. The standard InChI is InChI=1S/C24H22ClFN4O5.H2S/c1-2-18(33)28-6-8-29(9-7-28)23-14-10-15(25)19(20-16(26)4-3-5-17(20)32)22-21(14)30(24(34)27-23)13(11-31)12-35-22;/h2-5,10,13,31-32H,1,6-9,11-12H2;1H2/t13-;/m0./s1. The van der Waals surface area contributed by atoms with Gasteiger partial charge in [0.25, 0.3) is 0 Å². The van der Waals surface area contributed by atoms with Gasteiger partial charge in [0, 0.05) is 31.6 Å². The Hall–Kier alpha value is -3.28. The van der Waals surface area contributed by atoms with Crippen molar-refractivity contribution in [2.45, 2.75) is 6.04 Å². The maximum absolute atomic E-state index is 14.8. The third-order valence-electron chi connectivity index (χ3n) is 6.40. The van der Waals surface area contributed by atoms with Crippen molar-refractivity contribution in [2.24, 2.45) is 0 Å². The topological polar surface area (TPSA) is 108 Å². The van der Waals surface area contributed by atoms with Crippen LogP contribution in [-0.4, -0.2) is 70.0 Å². The van der Waals surface area contributed by atoms with Gasteiger partial charge in [-0.1, -0.05) is 24.2 Å². The lowest BCUT2D eigenvalue weighted by molar-refractivity contribution is -0.126. The van der Waals surface area contributed by atoms with E-state index in [0.29, 0.717) is 42.9 Å². The molecule has 0 spiro atoms. The van der Waals surface area contributed by atoms with Gasteiger partial charge in [0.2, 0.25) is 5.91 Å². The van der Waals surface area contributed by atoms with Gasteiger partial charge in [0.15, 0.2) is 5.75 Å². The molecule has 2 aromatic carbocycles. The number of aromatic nitrogens is 2. The third kappa shape index (κ3) is 4.06. The monoisotopic (exact) mass is 534 g/mol. The van der Waals surface area contributed by atoms with E-state index in [1.54, 1.807) is 11.0 Å². The van der Waals surface area contributed by atoms with Gasteiger partial charge < -0.3 is 24.7 Å². The van der Waals surface area contributed by atoms with Gasteiger partial charge in [-0.2, -0.15) is 18.5 Å². The highest BCUT2D eigenvalue weighted by atomic mass is 35.5. The van der Waals surface area contributed by atoms with Crippen LogP contribution in [0.5, 0.6) is 11.5 Å². The predicted octanol–water partition coefficient (Wildman–Crippen LogP) is 2.43. The van der Waals surface area contributed by atoms with Crippen LogP contribution in [0.4, 0.5) is 10.2 Å². The van der Waals surface area contributed by atoms with E-state index in [0.717, 1.165) is 0 Å². The second-order valence-corrected chi connectivity index (χ2v) is 8.75. The normalized spacial score (nSPS) is 16.9. The van der Waals surface area contributed by atoms with Gasteiger partial charge in [-0.3, -0.25) is 9.36 Å². The maximum atomic E-state index is 14.8. The molecule has 1 atom stereocenters. The molecule has 0 unspecified atom stereocenters. The Labute approximate surface area is 217 Å². The number of phenols is 1. The van der Waals surface area contributed by atoms with Crippen molar-refractivity contribution in [2.75, 3.05) is 44.3 Å². The molecule has 0 aliphatic carbocycles. The first kappa shape index (κ1) is 25.8. The Bertz CT molecular complexity index is 1400. The van der Waals surface area contributed by atoms with E-state index in [4.69, 9.17) is 16.3 Å². The second kappa shape index (κ2) is 10.00. The molecular weight excluding hydrogens is 511 g/mol. The molecule has 36 heavy (non-hydrogen) atoms. The van der Waals surface area contributed by atoms with Gasteiger partial charge in [-0.15, -0.1) is 0 Å². The third-order valence-corrected chi connectivity index (χ3v) is 6.70. The molecule has 12 heteroatoms. The van der Waals surface area contributed by atoms with Crippen LogP contribution >= 0.6 is 25.1 Å². The summed E-state index contributed by atoms with van der Waals surface area (Å²) in [6, 6.07) is 4.75. The van der Waals surface area contributed by atoms with Crippen molar-refractivity contribution in [3.63, 3.8) is 0 Å². The highest BCUT2D eigenvalue weighted by Crippen LogP contribution is 2.49. The Morgan fingerprint density at radius 1 is 1.28 bits per heavy atom. The largest absolute Gasteiger partial charge is 0.507 e. The average molecular weight is 535 g/mol. The van der Waals surface area contributed by atoms with Crippen molar-refractivity contribution < 1.29 is 24.1 Å². The Balaban J connectivity index is 0.00000304. The predicted molar refractivity (Wildman–Crippen MR) is 139 cm³/mol. The van der Waals surface area contributed by atoms with Crippen molar-refractivity contribution in [1.82, 2.24) is 14.5 Å². The summed E-state index contributed by atoms with van der Waals surface area (Å²) >= 11 is 6.64. The lowest BCUT2D eigenvalue weighted by Crippen LogP contribution is -2.49. The minimum atomic E-state index is -0.707. The molecule has 0 radical (unpaired) electrons. The number of hydrogen-bond donors (Lipinski definition) is 2. The first-order valence-corrected chi connectivity index (χ1v) is 11.4. The van der Waals surface area contributed by atoms with Crippen LogP contribution in [0.25, 0.3) is 22.0 Å². The number of amides is 1. The molecule has 2 N–H and O–H groups in total. The number of rotatable bonds is 4. The number of aromatic hydroxyl groups is 1. The first-order valence-electron chi connectivity index (χ1n) is 11.0. The number of aliphatic hydroxyl groups excluding tert-OH is 1. The van der Waals surface area contributed by atoms with Crippen molar-refractivity contribution in [1.29, 1.82) is 0 Å². The summed E-state index contributed by atoms with van der Waals surface area (Å²) < 4.78 is 22.1. The Kier molecular flexibility index (Phi) is 7.17. The van der Waals surface area contributed by atoms with Crippen LogP contribution in [0, 0.1) is 5.82 Å². The van der Waals surface area contributed by atoms with E-state index in [-0.39, 0.29) is 60.3 Å². The highest BCUT2D eigenvalue weighted by Gasteiger charge is 2.33. The molecule has 5 rings (SSSR count). The first-order chi connectivity index (χ1) is 16.8. The molecular formula is C24H24ClFN4O5S. The number of hydrogen-bond acceptors (Lipinski definition) is 7. The molecule has 1 amide bonds. The van der Waals surface area contributed by atoms with Crippen LogP contribution in [-0.2, 0) is 4.79 Å². The van der Waals surface area contributed by atoms with Crippen molar-refractivity contribution >= 4 is 47.7 Å². The summed E-state index contributed by atoms with van der Waals surface area (Å²) in [5.41, 5.74) is -0.340. The summed E-state index contributed by atoms with van der Waals surface area (Å²) in [6.45, 7) is 4.73. The molecule has 190 valence electrons. The van der Waals surface area contributed by atoms with Crippen LogP contribution in [0.3, 0.4) is 0 Å². The molecule has 1 saturated heterocycles. The Morgan fingerprint density at radius 2 is 2.00 bits per heavy atom. The van der Waals surface area contributed by atoms with E-state index in [2.05, 4.69) is 11.6 Å². The molecule has 1 aromatic heterocycles. The lowest BCUT2D eigenvalue weighted by Gasteiger charge is -2.36. The highest BCUT2D eigenvalue weighted by molar-refractivity contribution is 7.59. The average Bonchev–Trinajstić information content (AvgIpc) is 2.86. The zero-order valence-corrected chi connectivity index (χ0v) is 20.8. The molecule has 0 saturated carbocycles. The number of piperazine rings is 1. The summed E-state index contributed by atoms with van der Waals surface area (Å²) in [5.74, 6) is -0.741. The molecule has 1 fully saturated rings. The SMILES string of the molecule is C=CC(=O)N1CCN(c2nc(=O)n3c4c(c(-c5c(O)cccc5F)c(Cl)cc24)OC[C@@H]3CO)CC1.S. The number of carbonyl (C=O) groups excluding carboxylic acids is 1. The fourth-order valence-electron chi connectivity index (χ4n) is 4.70. The minimum Gasteiger partial charge on any atom is -0.507 e. The number of ether oxygens (including phenoxy) is 1. The molecule has 3 aromatic rings. The van der Waals surface area contributed by atoms with E-state index >= 15 is 0 Å². The number of phenolic OH excluding ortho intramolecular Hbond substituents is 1. The van der Waals surface area contributed by atoms with Crippen LogP contribution in [0.15, 0.2) is 41.7 Å². The summed E-state index contributed by atoms with van der Waals surface area (Å²) in [5, 5.41) is 20.9. The van der Waals surface area contributed by atoms with Crippen LogP contribution < -0.4 is 15.3 Å². The van der Waals surface area contributed by atoms with Crippen LogP contribution in [0.2, 0.25) is 5.02 Å². The van der Waals surface area contributed by atoms with Crippen molar-refractivity contribution in [3.8, 4) is 22.6 Å². The van der Waals surface area contributed by atoms with Gasteiger partial charge in [0.05, 0.1) is 34.3 Å². The van der Waals surface area contributed by atoms with Gasteiger partial charge in [-0.05, 0) is 24.3 Å². The summed E-state index contributed by atoms with van der Waals surface area (Å²) in [7, 11) is 0. The maximum Gasteiger partial charge on any atom is 0.350 e. The number of benzene rings is 2. The fraction of sp³-hybridized carbons (Fsp3) is 0.292. The molecule has 3 heterocycles. The number of carbonyl (C=O) groups is 1. The molecule has 9 nitrogen and oxygen atoms in total. The number of anilines is 1. The number of nitrogens with zero attached hydrogens (tertiary/aromatic N) is 4.